The molecule has 0 saturated carbocycles. The number of amides is 1. The molecule has 3 rings (SSSR count). The summed E-state index contributed by atoms with van der Waals surface area (Å²) in [5, 5.41) is 2.66. The normalized spacial score (nSPS) is 11.5. The number of carbonyl (C=O) groups is 1. The van der Waals surface area contributed by atoms with E-state index in [0.717, 1.165) is 4.31 Å². The summed E-state index contributed by atoms with van der Waals surface area (Å²) in [7, 11) is 0.428. The van der Waals surface area contributed by atoms with Crippen LogP contribution < -0.4 is 10.1 Å². The van der Waals surface area contributed by atoms with Crippen molar-refractivity contribution in [1.82, 2.24) is 9.29 Å². The Labute approximate surface area is 179 Å². The third kappa shape index (κ3) is 5.09. The number of benzene rings is 2. The number of ether oxygens (including phenoxy) is 1. The van der Waals surface area contributed by atoms with Crippen LogP contribution in [0.3, 0.4) is 0 Å². The van der Waals surface area contributed by atoms with Gasteiger partial charge in [-0.2, -0.15) is 0 Å². The minimum atomic E-state index is -3.76. The first kappa shape index (κ1) is 22.4. The molecule has 0 aliphatic heterocycles. The molecule has 1 aromatic heterocycles. The molecule has 1 N–H and O–H groups in total. The van der Waals surface area contributed by atoms with E-state index in [1.807, 2.05) is 0 Å². The van der Waals surface area contributed by atoms with Gasteiger partial charge in [-0.25, -0.2) is 22.1 Å². The van der Waals surface area contributed by atoms with E-state index < -0.39 is 15.8 Å². The van der Waals surface area contributed by atoms with Crippen molar-refractivity contribution in [1.29, 1.82) is 0 Å². The number of carbonyl (C=O) groups excluding carboxylic acids is 1. The maximum Gasteiger partial charge on any atom is 0.246 e. The molecule has 1 heterocycles. The van der Waals surface area contributed by atoms with E-state index in [1.165, 1.54) is 45.6 Å². The molecular formula is C21H22FN3O5S. The van der Waals surface area contributed by atoms with Crippen molar-refractivity contribution in [3.8, 4) is 17.1 Å². The molecule has 31 heavy (non-hydrogen) atoms. The fourth-order valence-electron chi connectivity index (χ4n) is 2.81. The quantitative estimate of drug-likeness (QED) is 0.569. The van der Waals surface area contributed by atoms with Crippen LogP contribution in [-0.4, -0.2) is 44.8 Å². The number of nitrogens with zero attached hydrogens (tertiary/aromatic N) is 2. The van der Waals surface area contributed by atoms with Crippen LogP contribution >= 0.6 is 0 Å². The molecule has 1 amide bonds. The zero-order valence-electron chi connectivity index (χ0n) is 17.3. The Morgan fingerprint density at radius 3 is 2.65 bits per heavy atom. The fraction of sp³-hybridized carbons (Fsp3) is 0.238. The number of aromatic nitrogens is 1. The van der Waals surface area contributed by atoms with Crippen LogP contribution in [0.15, 0.2) is 58.0 Å². The van der Waals surface area contributed by atoms with E-state index in [-0.39, 0.29) is 35.2 Å². The van der Waals surface area contributed by atoms with Gasteiger partial charge in [0.2, 0.25) is 15.9 Å². The Morgan fingerprint density at radius 1 is 1.23 bits per heavy atom. The molecule has 8 nitrogen and oxygen atoms in total. The number of hydrogen-bond acceptors (Lipinski definition) is 6. The lowest BCUT2D eigenvalue weighted by atomic mass is 10.2. The van der Waals surface area contributed by atoms with Gasteiger partial charge in [-0.15, -0.1) is 0 Å². The van der Waals surface area contributed by atoms with Crippen molar-refractivity contribution in [2.45, 2.75) is 17.7 Å². The SMILES string of the molecule is COc1ccc(NC(=O)CCc2ncc(-c3ccccc3F)o2)cc1S(=O)(=O)N(C)C. The van der Waals surface area contributed by atoms with Crippen LogP contribution in [0.5, 0.6) is 5.75 Å². The minimum absolute atomic E-state index is 0.0407. The van der Waals surface area contributed by atoms with Crippen molar-refractivity contribution in [2.24, 2.45) is 0 Å². The molecule has 0 spiro atoms. The monoisotopic (exact) mass is 447 g/mol. The van der Waals surface area contributed by atoms with E-state index in [9.17, 15) is 17.6 Å². The second-order valence-corrected chi connectivity index (χ2v) is 8.92. The first-order valence-electron chi connectivity index (χ1n) is 9.32. The molecule has 0 radical (unpaired) electrons. The number of halogens is 1. The largest absolute Gasteiger partial charge is 0.495 e. The van der Waals surface area contributed by atoms with Gasteiger partial charge < -0.3 is 14.5 Å². The van der Waals surface area contributed by atoms with E-state index in [1.54, 1.807) is 24.3 Å². The molecule has 2 aromatic carbocycles. The standard InChI is InChI=1S/C21H22FN3O5S/c1-25(2)31(27,28)19-12-14(8-9-17(19)29-3)24-20(26)10-11-21-23-13-18(30-21)15-6-4-5-7-16(15)22/h4-9,12-13H,10-11H2,1-3H3,(H,24,26). The number of methoxy groups -OCH3 is 1. The van der Waals surface area contributed by atoms with Crippen LogP contribution in [0.1, 0.15) is 12.3 Å². The van der Waals surface area contributed by atoms with Crippen LogP contribution in [-0.2, 0) is 21.2 Å². The zero-order valence-corrected chi connectivity index (χ0v) is 18.1. The smallest absolute Gasteiger partial charge is 0.246 e. The zero-order chi connectivity index (χ0) is 22.6. The van der Waals surface area contributed by atoms with Crippen molar-refractivity contribution in [3.63, 3.8) is 0 Å². The summed E-state index contributed by atoms with van der Waals surface area (Å²) >= 11 is 0. The van der Waals surface area contributed by atoms with Gasteiger partial charge in [0.05, 0.1) is 18.9 Å². The molecule has 0 saturated heterocycles. The molecule has 0 atom stereocenters. The maximum atomic E-state index is 13.9. The van der Waals surface area contributed by atoms with Crippen molar-refractivity contribution in [2.75, 3.05) is 26.5 Å². The predicted octanol–water partition coefficient (Wildman–Crippen LogP) is 3.31. The third-order valence-corrected chi connectivity index (χ3v) is 6.30. The Kier molecular flexibility index (Phi) is 6.71. The predicted molar refractivity (Wildman–Crippen MR) is 113 cm³/mol. The Balaban J connectivity index is 1.67. The summed E-state index contributed by atoms with van der Waals surface area (Å²) in [6.45, 7) is 0. The van der Waals surface area contributed by atoms with Crippen molar-refractivity contribution >= 4 is 21.6 Å². The maximum absolute atomic E-state index is 13.9. The lowest BCUT2D eigenvalue weighted by molar-refractivity contribution is -0.116. The second kappa shape index (κ2) is 9.27. The summed E-state index contributed by atoms with van der Waals surface area (Å²) in [5.74, 6) is -0.0386. The van der Waals surface area contributed by atoms with Crippen LogP contribution in [0.2, 0.25) is 0 Å². The van der Waals surface area contributed by atoms with Crippen molar-refractivity contribution < 1.29 is 26.8 Å². The van der Waals surface area contributed by atoms with E-state index in [2.05, 4.69) is 10.3 Å². The summed E-state index contributed by atoms with van der Waals surface area (Å²) in [6.07, 6.45) is 1.64. The number of hydrogen-bond donors (Lipinski definition) is 1. The average molecular weight is 447 g/mol. The van der Waals surface area contributed by atoms with E-state index in [4.69, 9.17) is 9.15 Å². The van der Waals surface area contributed by atoms with Gasteiger partial charge in [-0.05, 0) is 30.3 Å². The lowest BCUT2D eigenvalue weighted by Crippen LogP contribution is -2.23. The van der Waals surface area contributed by atoms with Crippen LogP contribution in [0.25, 0.3) is 11.3 Å². The Hall–Kier alpha value is -3.24. The Bertz CT molecular complexity index is 1190. The first-order chi connectivity index (χ1) is 14.7. The van der Waals surface area contributed by atoms with Gasteiger partial charge in [-0.3, -0.25) is 4.79 Å². The molecular weight excluding hydrogens is 425 g/mol. The first-order valence-corrected chi connectivity index (χ1v) is 10.8. The molecule has 3 aromatic rings. The molecule has 0 aliphatic carbocycles. The van der Waals surface area contributed by atoms with E-state index in [0.29, 0.717) is 17.1 Å². The lowest BCUT2D eigenvalue weighted by Gasteiger charge is -2.15. The van der Waals surface area contributed by atoms with E-state index >= 15 is 0 Å². The number of nitrogens with one attached hydrogen (secondary N) is 1. The van der Waals surface area contributed by atoms with Gasteiger partial charge in [0.1, 0.15) is 16.5 Å². The highest BCUT2D eigenvalue weighted by Crippen LogP contribution is 2.29. The molecule has 0 unspecified atom stereocenters. The minimum Gasteiger partial charge on any atom is -0.495 e. The molecule has 10 heteroatoms. The van der Waals surface area contributed by atoms with Gasteiger partial charge >= 0.3 is 0 Å². The fourth-order valence-corrected chi connectivity index (χ4v) is 3.88. The number of oxazole rings is 1. The number of rotatable bonds is 8. The number of anilines is 1. The van der Waals surface area contributed by atoms with Gasteiger partial charge in [0.25, 0.3) is 0 Å². The van der Waals surface area contributed by atoms with Crippen molar-refractivity contribution in [3.05, 3.63) is 60.4 Å². The molecule has 0 fully saturated rings. The van der Waals surface area contributed by atoms with Gasteiger partial charge in [-0.1, -0.05) is 12.1 Å². The highest BCUT2D eigenvalue weighted by atomic mass is 32.2. The topological polar surface area (TPSA) is 102 Å². The highest BCUT2D eigenvalue weighted by molar-refractivity contribution is 7.89. The second-order valence-electron chi connectivity index (χ2n) is 6.80. The molecule has 0 aliphatic rings. The number of sulfonamides is 1. The van der Waals surface area contributed by atoms with Crippen LogP contribution in [0.4, 0.5) is 10.1 Å². The van der Waals surface area contributed by atoms with Crippen LogP contribution in [0, 0.1) is 5.82 Å². The summed E-state index contributed by atoms with van der Waals surface area (Å²) < 4.78 is 50.6. The third-order valence-electron chi connectivity index (χ3n) is 4.46. The average Bonchev–Trinajstić information content (AvgIpc) is 3.21. The van der Waals surface area contributed by atoms with Gasteiger partial charge in [0.15, 0.2) is 11.7 Å². The summed E-state index contributed by atoms with van der Waals surface area (Å²) in [5.41, 5.74) is 0.601. The molecule has 0 bridgehead atoms. The van der Waals surface area contributed by atoms with Gasteiger partial charge in [0, 0.05) is 32.6 Å². The summed E-state index contributed by atoms with van der Waals surface area (Å²) in [4.78, 5) is 16.4. The summed E-state index contributed by atoms with van der Waals surface area (Å²) in [6, 6.07) is 10.5. The Morgan fingerprint density at radius 2 is 1.97 bits per heavy atom. The molecule has 164 valence electrons. The number of aryl methyl sites for hydroxylation is 1. The highest BCUT2D eigenvalue weighted by Gasteiger charge is 2.23.